The fraction of sp³-hybridized carbons (Fsp3) is 0.474. The highest BCUT2D eigenvalue weighted by Crippen LogP contribution is 2.27. The third-order valence-corrected chi connectivity index (χ3v) is 6.39. The number of rotatable bonds is 7. The van der Waals surface area contributed by atoms with Crippen molar-refractivity contribution >= 4 is 23.1 Å². The maximum absolute atomic E-state index is 13.0. The lowest BCUT2D eigenvalue weighted by molar-refractivity contribution is 0.577. The SMILES string of the molecule is CCCCn1c(CSc2ccccn2)cn(-c2nnc(C(C)(C)C)s2)c1=O. The molecular weight excluding hydrogens is 378 g/mol. The van der Waals surface area contributed by atoms with Crippen molar-refractivity contribution in [2.75, 3.05) is 0 Å². The van der Waals surface area contributed by atoms with Gasteiger partial charge in [0.1, 0.15) is 5.01 Å². The van der Waals surface area contributed by atoms with Gasteiger partial charge in [0.2, 0.25) is 5.13 Å². The lowest BCUT2D eigenvalue weighted by Gasteiger charge is -2.12. The van der Waals surface area contributed by atoms with Gasteiger partial charge in [0, 0.05) is 35.8 Å². The summed E-state index contributed by atoms with van der Waals surface area (Å²) in [5.41, 5.74) is 0.857. The highest BCUT2D eigenvalue weighted by atomic mass is 32.2. The molecule has 0 atom stereocenters. The van der Waals surface area contributed by atoms with Crippen molar-refractivity contribution in [3.05, 3.63) is 51.8 Å². The smallest absolute Gasteiger partial charge is 0.295 e. The number of hydrogen-bond acceptors (Lipinski definition) is 6. The third kappa shape index (κ3) is 4.68. The minimum atomic E-state index is -0.0814. The molecule has 3 aromatic rings. The summed E-state index contributed by atoms with van der Waals surface area (Å²) in [5, 5.41) is 11.1. The molecule has 0 aliphatic rings. The van der Waals surface area contributed by atoms with Gasteiger partial charge in [-0.25, -0.2) is 14.3 Å². The monoisotopic (exact) mass is 403 g/mol. The summed E-state index contributed by atoms with van der Waals surface area (Å²) in [6, 6.07) is 5.86. The van der Waals surface area contributed by atoms with Crippen LogP contribution in [0.3, 0.4) is 0 Å². The molecular formula is C19H25N5OS2. The number of thioether (sulfide) groups is 1. The molecule has 0 bridgehead atoms. The van der Waals surface area contributed by atoms with Gasteiger partial charge < -0.3 is 0 Å². The summed E-state index contributed by atoms with van der Waals surface area (Å²) in [5.74, 6) is 0.688. The van der Waals surface area contributed by atoms with Crippen LogP contribution in [0, 0.1) is 0 Å². The van der Waals surface area contributed by atoms with Crippen molar-refractivity contribution in [3.63, 3.8) is 0 Å². The highest BCUT2D eigenvalue weighted by Gasteiger charge is 2.22. The van der Waals surface area contributed by atoms with Crippen LogP contribution in [0.4, 0.5) is 0 Å². The first-order chi connectivity index (χ1) is 12.9. The number of imidazole rings is 1. The second kappa shape index (κ2) is 8.39. The Morgan fingerprint density at radius 1 is 1.22 bits per heavy atom. The molecule has 0 saturated carbocycles. The van der Waals surface area contributed by atoms with E-state index in [4.69, 9.17) is 0 Å². The minimum absolute atomic E-state index is 0.0447. The van der Waals surface area contributed by atoms with Crippen molar-refractivity contribution in [3.8, 4) is 5.13 Å². The van der Waals surface area contributed by atoms with Crippen LogP contribution in [-0.4, -0.2) is 24.3 Å². The first-order valence-corrected chi connectivity index (χ1v) is 10.9. The lowest BCUT2D eigenvalue weighted by Crippen LogP contribution is -2.24. The Hall–Kier alpha value is -1.93. The van der Waals surface area contributed by atoms with E-state index in [9.17, 15) is 4.79 Å². The molecule has 0 radical (unpaired) electrons. The Kier molecular flexibility index (Phi) is 6.16. The average Bonchev–Trinajstić information content (AvgIpc) is 3.24. The standard InChI is InChI=1S/C19H25N5OS2/c1-5-6-11-23-14(13-26-15-9-7-8-10-20-15)12-24(18(23)25)17-22-21-16(27-17)19(2,3)4/h7-10,12H,5-6,11,13H2,1-4H3. The van der Waals surface area contributed by atoms with Crippen molar-refractivity contribution in [2.45, 2.75) is 63.3 Å². The van der Waals surface area contributed by atoms with Gasteiger partial charge in [0.25, 0.3) is 0 Å². The maximum Gasteiger partial charge on any atom is 0.334 e. The fourth-order valence-electron chi connectivity index (χ4n) is 2.53. The summed E-state index contributed by atoms with van der Waals surface area (Å²) < 4.78 is 3.49. The number of hydrogen-bond donors (Lipinski definition) is 0. The van der Waals surface area contributed by atoms with Crippen LogP contribution in [0.15, 0.2) is 40.4 Å². The summed E-state index contributed by atoms with van der Waals surface area (Å²) in [7, 11) is 0. The third-order valence-electron chi connectivity index (χ3n) is 4.06. The van der Waals surface area contributed by atoms with E-state index in [1.54, 1.807) is 22.5 Å². The molecule has 0 aromatic carbocycles. The molecule has 27 heavy (non-hydrogen) atoms. The molecule has 3 heterocycles. The zero-order chi connectivity index (χ0) is 19.4. The van der Waals surface area contributed by atoms with Gasteiger partial charge in [0.05, 0.1) is 5.03 Å². The Bertz CT molecular complexity index is 937. The van der Waals surface area contributed by atoms with Crippen LogP contribution < -0.4 is 5.69 Å². The van der Waals surface area contributed by atoms with Gasteiger partial charge in [-0.05, 0) is 18.6 Å². The van der Waals surface area contributed by atoms with Crippen LogP contribution in [-0.2, 0) is 17.7 Å². The fourth-order valence-corrected chi connectivity index (χ4v) is 4.24. The molecule has 0 N–H and O–H groups in total. The predicted octanol–water partition coefficient (Wildman–Crippen LogP) is 4.28. The average molecular weight is 404 g/mol. The van der Waals surface area contributed by atoms with Gasteiger partial charge in [-0.3, -0.25) is 4.57 Å². The van der Waals surface area contributed by atoms with E-state index in [1.165, 1.54) is 11.3 Å². The topological polar surface area (TPSA) is 65.6 Å². The normalized spacial score (nSPS) is 11.9. The molecule has 0 aliphatic heterocycles. The summed E-state index contributed by atoms with van der Waals surface area (Å²) in [6.07, 6.45) is 5.69. The molecule has 0 fully saturated rings. The molecule has 0 amide bonds. The maximum atomic E-state index is 13.0. The van der Waals surface area contributed by atoms with Crippen LogP contribution in [0.25, 0.3) is 5.13 Å². The second-order valence-electron chi connectivity index (χ2n) is 7.37. The molecule has 0 unspecified atom stereocenters. The van der Waals surface area contributed by atoms with Crippen molar-refractivity contribution in [1.29, 1.82) is 0 Å². The van der Waals surface area contributed by atoms with E-state index in [0.717, 1.165) is 28.6 Å². The Balaban J connectivity index is 1.92. The first kappa shape index (κ1) is 19.8. The van der Waals surface area contributed by atoms with E-state index in [1.807, 2.05) is 29.0 Å². The zero-order valence-corrected chi connectivity index (χ0v) is 17.8. The van der Waals surface area contributed by atoms with Crippen molar-refractivity contribution < 1.29 is 0 Å². The summed E-state index contributed by atoms with van der Waals surface area (Å²) >= 11 is 3.11. The summed E-state index contributed by atoms with van der Waals surface area (Å²) in [4.78, 5) is 17.4. The van der Waals surface area contributed by atoms with Gasteiger partial charge in [0.15, 0.2) is 0 Å². The van der Waals surface area contributed by atoms with Gasteiger partial charge in [-0.15, -0.1) is 22.0 Å². The quantitative estimate of drug-likeness (QED) is 0.551. The van der Waals surface area contributed by atoms with Gasteiger partial charge in [-0.1, -0.05) is 51.5 Å². The van der Waals surface area contributed by atoms with Crippen LogP contribution in [0.5, 0.6) is 0 Å². The Morgan fingerprint density at radius 2 is 2.04 bits per heavy atom. The van der Waals surface area contributed by atoms with Crippen LogP contribution in [0.1, 0.15) is 51.2 Å². The number of nitrogens with zero attached hydrogens (tertiary/aromatic N) is 5. The molecule has 0 spiro atoms. The highest BCUT2D eigenvalue weighted by molar-refractivity contribution is 7.98. The number of unbranched alkanes of at least 4 members (excludes halogenated alkanes) is 1. The van der Waals surface area contributed by atoms with E-state index in [-0.39, 0.29) is 11.1 Å². The van der Waals surface area contributed by atoms with E-state index >= 15 is 0 Å². The predicted molar refractivity (Wildman–Crippen MR) is 111 cm³/mol. The van der Waals surface area contributed by atoms with E-state index in [2.05, 4.69) is 42.9 Å². The molecule has 6 nitrogen and oxygen atoms in total. The van der Waals surface area contributed by atoms with Crippen molar-refractivity contribution in [2.24, 2.45) is 0 Å². The molecule has 8 heteroatoms. The molecule has 0 aliphatic carbocycles. The Labute approximate surface area is 167 Å². The number of pyridine rings is 1. The van der Waals surface area contributed by atoms with E-state index in [0.29, 0.717) is 17.4 Å². The second-order valence-corrected chi connectivity index (χ2v) is 9.33. The van der Waals surface area contributed by atoms with Gasteiger partial charge in [-0.2, -0.15) is 0 Å². The molecule has 0 saturated heterocycles. The summed E-state index contributed by atoms with van der Waals surface area (Å²) in [6.45, 7) is 9.14. The van der Waals surface area contributed by atoms with Crippen molar-refractivity contribution in [1.82, 2.24) is 24.3 Å². The molecule has 3 aromatic heterocycles. The first-order valence-electron chi connectivity index (χ1n) is 9.09. The lowest BCUT2D eigenvalue weighted by atomic mass is 9.98. The zero-order valence-electron chi connectivity index (χ0n) is 16.2. The van der Waals surface area contributed by atoms with Crippen LogP contribution in [0.2, 0.25) is 0 Å². The Morgan fingerprint density at radius 3 is 2.67 bits per heavy atom. The van der Waals surface area contributed by atoms with Crippen LogP contribution >= 0.6 is 23.1 Å². The number of aromatic nitrogens is 5. The van der Waals surface area contributed by atoms with E-state index < -0.39 is 0 Å². The largest absolute Gasteiger partial charge is 0.334 e. The minimum Gasteiger partial charge on any atom is -0.295 e. The molecule has 3 rings (SSSR count). The molecule has 144 valence electrons. The van der Waals surface area contributed by atoms with Gasteiger partial charge >= 0.3 is 5.69 Å².